The number of rotatable bonds is 2. The SMILES string of the molecule is Cc1cc(C)c(C(=O)c2cncc3ccccc23)c(C)c1. The van der Waals surface area contributed by atoms with Crippen molar-refractivity contribution in [1.29, 1.82) is 0 Å². The molecule has 2 aromatic carbocycles. The molecule has 0 saturated carbocycles. The monoisotopic (exact) mass is 275 g/mol. The summed E-state index contributed by atoms with van der Waals surface area (Å²) >= 11 is 0. The van der Waals surface area contributed by atoms with E-state index in [-0.39, 0.29) is 5.78 Å². The van der Waals surface area contributed by atoms with Gasteiger partial charge in [-0.2, -0.15) is 0 Å². The molecule has 2 nitrogen and oxygen atoms in total. The van der Waals surface area contributed by atoms with Gasteiger partial charge in [-0.3, -0.25) is 9.78 Å². The molecule has 0 saturated heterocycles. The molecular formula is C19H17NO. The summed E-state index contributed by atoms with van der Waals surface area (Å²) in [6.45, 7) is 6.03. The van der Waals surface area contributed by atoms with Crippen molar-refractivity contribution in [3.05, 3.63) is 76.6 Å². The van der Waals surface area contributed by atoms with Gasteiger partial charge in [0.2, 0.25) is 0 Å². The number of nitrogens with zero attached hydrogens (tertiary/aromatic N) is 1. The van der Waals surface area contributed by atoms with Crippen LogP contribution in [0.3, 0.4) is 0 Å². The van der Waals surface area contributed by atoms with Crippen LogP contribution in [-0.4, -0.2) is 10.8 Å². The lowest BCUT2D eigenvalue weighted by molar-refractivity contribution is 0.103. The van der Waals surface area contributed by atoms with Crippen LogP contribution in [0.2, 0.25) is 0 Å². The second-order valence-electron chi connectivity index (χ2n) is 5.51. The van der Waals surface area contributed by atoms with E-state index in [1.807, 2.05) is 45.0 Å². The topological polar surface area (TPSA) is 30.0 Å². The first-order chi connectivity index (χ1) is 10.1. The molecule has 0 fully saturated rings. The van der Waals surface area contributed by atoms with Crippen molar-refractivity contribution in [3.8, 4) is 0 Å². The molecule has 1 aromatic heterocycles. The van der Waals surface area contributed by atoms with Crippen LogP contribution >= 0.6 is 0 Å². The number of hydrogen-bond donors (Lipinski definition) is 0. The Morgan fingerprint density at radius 3 is 2.33 bits per heavy atom. The summed E-state index contributed by atoms with van der Waals surface area (Å²) < 4.78 is 0. The third kappa shape index (κ3) is 2.33. The van der Waals surface area contributed by atoms with E-state index in [1.165, 1.54) is 5.56 Å². The summed E-state index contributed by atoms with van der Waals surface area (Å²) in [5, 5.41) is 1.95. The summed E-state index contributed by atoms with van der Waals surface area (Å²) in [5.74, 6) is 0.0503. The molecule has 104 valence electrons. The number of ketones is 1. The molecule has 1 heterocycles. The van der Waals surface area contributed by atoms with E-state index in [9.17, 15) is 4.79 Å². The Labute approximate surface area is 124 Å². The normalized spacial score (nSPS) is 10.8. The average molecular weight is 275 g/mol. The Morgan fingerprint density at radius 2 is 1.62 bits per heavy atom. The quantitative estimate of drug-likeness (QED) is 0.649. The van der Waals surface area contributed by atoms with E-state index in [4.69, 9.17) is 0 Å². The van der Waals surface area contributed by atoms with Gasteiger partial charge in [0.25, 0.3) is 0 Å². The van der Waals surface area contributed by atoms with Crippen molar-refractivity contribution in [2.75, 3.05) is 0 Å². The fraction of sp³-hybridized carbons (Fsp3) is 0.158. The number of fused-ring (bicyclic) bond motifs is 1. The molecule has 2 heteroatoms. The standard InChI is InChI=1S/C19H17NO/c1-12-8-13(2)18(14(3)9-12)19(21)17-11-20-10-15-6-4-5-7-16(15)17/h4-11H,1-3H3. The second kappa shape index (κ2) is 5.13. The zero-order chi connectivity index (χ0) is 15.0. The van der Waals surface area contributed by atoms with E-state index >= 15 is 0 Å². The number of carbonyl (C=O) groups excluding carboxylic acids is 1. The summed E-state index contributed by atoms with van der Waals surface area (Å²) in [5.41, 5.74) is 4.68. The minimum Gasteiger partial charge on any atom is -0.289 e. The van der Waals surface area contributed by atoms with Crippen LogP contribution in [0.25, 0.3) is 10.8 Å². The molecule has 0 aliphatic heterocycles. The number of carbonyl (C=O) groups is 1. The fourth-order valence-corrected chi connectivity index (χ4v) is 2.97. The molecule has 0 amide bonds. The highest BCUT2D eigenvalue weighted by Crippen LogP contribution is 2.24. The van der Waals surface area contributed by atoms with E-state index in [2.05, 4.69) is 17.1 Å². The molecule has 0 radical (unpaired) electrons. The van der Waals surface area contributed by atoms with Gasteiger partial charge >= 0.3 is 0 Å². The highest BCUT2D eigenvalue weighted by atomic mass is 16.1. The van der Waals surface area contributed by atoms with E-state index in [0.29, 0.717) is 5.56 Å². The van der Waals surface area contributed by atoms with Crippen molar-refractivity contribution in [2.24, 2.45) is 0 Å². The van der Waals surface area contributed by atoms with Gasteiger partial charge in [0.15, 0.2) is 5.78 Å². The van der Waals surface area contributed by atoms with Crippen molar-refractivity contribution in [1.82, 2.24) is 4.98 Å². The zero-order valence-corrected chi connectivity index (χ0v) is 12.5. The van der Waals surface area contributed by atoms with E-state index in [1.54, 1.807) is 12.4 Å². The smallest absolute Gasteiger partial charge is 0.195 e. The Hall–Kier alpha value is -2.48. The predicted octanol–water partition coefficient (Wildman–Crippen LogP) is 4.39. The minimum atomic E-state index is 0.0503. The fourth-order valence-electron chi connectivity index (χ4n) is 2.97. The molecule has 0 bridgehead atoms. The van der Waals surface area contributed by atoms with Crippen molar-refractivity contribution >= 4 is 16.6 Å². The van der Waals surface area contributed by atoms with Crippen LogP contribution in [0.1, 0.15) is 32.6 Å². The molecule has 0 unspecified atom stereocenters. The van der Waals surface area contributed by atoms with Crippen molar-refractivity contribution in [2.45, 2.75) is 20.8 Å². The lowest BCUT2D eigenvalue weighted by Gasteiger charge is -2.11. The largest absolute Gasteiger partial charge is 0.289 e. The Bertz CT molecular complexity index is 821. The number of hydrogen-bond acceptors (Lipinski definition) is 2. The molecule has 0 atom stereocenters. The van der Waals surface area contributed by atoms with Crippen LogP contribution < -0.4 is 0 Å². The van der Waals surface area contributed by atoms with Crippen molar-refractivity contribution < 1.29 is 4.79 Å². The third-order valence-corrected chi connectivity index (χ3v) is 3.82. The van der Waals surface area contributed by atoms with Gasteiger partial charge in [-0.05, 0) is 37.3 Å². The summed E-state index contributed by atoms with van der Waals surface area (Å²) in [4.78, 5) is 17.2. The Morgan fingerprint density at radius 1 is 0.952 bits per heavy atom. The highest BCUT2D eigenvalue weighted by Gasteiger charge is 2.17. The van der Waals surface area contributed by atoms with Gasteiger partial charge in [0, 0.05) is 28.9 Å². The first-order valence-corrected chi connectivity index (χ1v) is 7.03. The minimum absolute atomic E-state index is 0.0503. The van der Waals surface area contributed by atoms with Crippen LogP contribution in [0, 0.1) is 20.8 Å². The van der Waals surface area contributed by atoms with Gasteiger partial charge in [-0.15, -0.1) is 0 Å². The number of pyridine rings is 1. The van der Waals surface area contributed by atoms with Gasteiger partial charge in [0.05, 0.1) is 0 Å². The van der Waals surface area contributed by atoms with Crippen LogP contribution in [0.15, 0.2) is 48.8 Å². The Kier molecular flexibility index (Phi) is 3.30. The molecule has 3 rings (SSSR count). The van der Waals surface area contributed by atoms with E-state index in [0.717, 1.165) is 27.5 Å². The number of aromatic nitrogens is 1. The van der Waals surface area contributed by atoms with Gasteiger partial charge in [-0.25, -0.2) is 0 Å². The molecule has 3 aromatic rings. The van der Waals surface area contributed by atoms with Crippen LogP contribution in [0.5, 0.6) is 0 Å². The number of aryl methyl sites for hydroxylation is 3. The third-order valence-electron chi connectivity index (χ3n) is 3.82. The maximum absolute atomic E-state index is 13.0. The van der Waals surface area contributed by atoms with Crippen LogP contribution in [-0.2, 0) is 0 Å². The van der Waals surface area contributed by atoms with Gasteiger partial charge in [0.1, 0.15) is 0 Å². The lowest BCUT2D eigenvalue weighted by Crippen LogP contribution is -2.08. The molecule has 0 aliphatic rings. The summed E-state index contributed by atoms with van der Waals surface area (Å²) in [6, 6.07) is 12.0. The zero-order valence-electron chi connectivity index (χ0n) is 12.5. The molecule has 0 spiro atoms. The molecule has 0 aliphatic carbocycles. The molecule has 21 heavy (non-hydrogen) atoms. The van der Waals surface area contributed by atoms with Crippen molar-refractivity contribution in [3.63, 3.8) is 0 Å². The number of benzene rings is 2. The second-order valence-corrected chi connectivity index (χ2v) is 5.51. The Balaban J connectivity index is 2.22. The van der Waals surface area contributed by atoms with E-state index < -0.39 is 0 Å². The molecular weight excluding hydrogens is 258 g/mol. The van der Waals surface area contributed by atoms with Gasteiger partial charge in [-0.1, -0.05) is 42.0 Å². The molecule has 0 N–H and O–H groups in total. The highest BCUT2D eigenvalue weighted by molar-refractivity contribution is 6.17. The predicted molar refractivity (Wildman–Crippen MR) is 85.8 cm³/mol. The maximum Gasteiger partial charge on any atom is 0.195 e. The van der Waals surface area contributed by atoms with Crippen LogP contribution in [0.4, 0.5) is 0 Å². The van der Waals surface area contributed by atoms with Gasteiger partial charge < -0.3 is 0 Å². The summed E-state index contributed by atoms with van der Waals surface area (Å²) in [6.07, 6.45) is 3.46. The average Bonchev–Trinajstić information content (AvgIpc) is 2.45. The maximum atomic E-state index is 13.0. The summed E-state index contributed by atoms with van der Waals surface area (Å²) in [7, 11) is 0. The first-order valence-electron chi connectivity index (χ1n) is 7.03. The first kappa shape index (κ1) is 13.5. The lowest BCUT2D eigenvalue weighted by atomic mass is 9.92.